The van der Waals surface area contributed by atoms with Crippen LogP contribution in [0, 0.1) is 0 Å². The zero-order chi connectivity index (χ0) is 22.2. The van der Waals surface area contributed by atoms with E-state index >= 15 is 0 Å². The van der Waals surface area contributed by atoms with Crippen molar-refractivity contribution in [2.45, 2.75) is 13.1 Å². The Bertz CT molecular complexity index is 1070. The highest BCUT2D eigenvalue weighted by Crippen LogP contribution is 2.18. The summed E-state index contributed by atoms with van der Waals surface area (Å²) < 4.78 is 5.40. The van der Waals surface area contributed by atoms with E-state index < -0.39 is 0 Å². The van der Waals surface area contributed by atoms with Crippen LogP contribution in [0.5, 0.6) is 0 Å². The molecule has 1 aliphatic rings. The number of pyridine rings is 1. The molecule has 1 fully saturated rings. The summed E-state index contributed by atoms with van der Waals surface area (Å²) in [6.45, 7) is 4.38. The molecule has 0 aliphatic carbocycles. The lowest BCUT2D eigenvalue weighted by molar-refractivity contribution is 0.0342. The molecule has 3 aromatic rings. The molecule has 1 saturated heterocycles. The SMILES string of the molecule is O=C(Nc1ccccc1C(=O)NCc1cccnc1)c1cccc(CN2CCOCC2)c1. The molecule has 4 rings (SSSR count). The number of amides is 2. The molecule has 7 heteroatoms. The Morgan fingerprint density at radius 3 is 2.56 bits per heavy atom. The van der Waals surface area contributed by atoms with E-state index in [-0.39, 0.29) is 11.8 Å². The lowest BCUT2D eigenvalue weighted by Gasteiger charge is -2.26. The van der Waals surface area contributed by atoms with Crippen molar-refractivity contribution in [3.8, 4) is 0 Å². The highest BCUT2D eigenvalue weighted by atomic mass is 16.5. The summed E-state index contributed by atoms with van der Waals surface area (Å²) in [5, 5.41) is 5.77. The molecule has 0 saturated carbocycles. The average Bonchev–Trinajstić information content (AvgIpc) is 2.84. The summed E-state index contributed by atoms with van der Waals surface area (Å²) in [5.74, 6) is -0.507. The van der Waals surface area contributed by atoms with Gasteiger partial charge in [-0.3, -0.25) is 19.5 Å². The zero-order valence-electron chi connectivity index (χ0n) is 17.8. The summed E-state index contributed by atoms with van der Waals surface area (Å²) in [6.07, 6.45) is 3.39. The van der Waals surface area contributed by atoms with Gasteiger partial charge in [0.15, 0.2) is 0 Å². The van der Waals surface area contributed by atoms with Crippen molar-refractivity contribution >= 4 is 17.5 Å². The first-order valence-corrected chi connectivity index (χ1v) is 10.7. The molecular formula is C25H26N4O3. The maximum absolute atomic E-state index is 12.9. The van der Waals surface area contributed by atoms with Crippen LogP contribution in [0.25, 0.3) is 0 Å². The Hall–Kier alpha value is -3.55. The molecule has 0 atom stereocenters. The Morgan fingerprint density at radius 2 is 1.75 bits per heavy atom. The average molecular weight is 431 g/mol. The van der Waals surface area contributed by atoms with Crippen LogP contribution in [0.15, 0.2) is 73.1 Å². The molecule has 0 bridgehead atoms. The van der Waals surface area contributed by atoms with Crippen molar-refractivity contribution in [3.63, 3.8) is 0 Å². The number of morpholine rings is 1. The smallest absolute Gasteiger partial charge is 0.255 e. The van der Waals surface area contributed by atoms with E-state index in [0.717, 1.165) is 44.0 Å². The fourth-order valence-electron chi connectivity index (χ4n) is 3.59. The van der Waals surface area contributed by atoms with Gasteiger partial charge in [-0.25, -0.2) is 0 Å². The molecule has 2 N–H and O–H groups in total. The van der Waals surface area contributed by atoms with Gasteiger partial charge in [0.1, 0.15) is 0 Å². The lowest BCUT2D eigenvalue weighted by atomic mass is 10.1. The van der Waals surface area contributed by atoms with Crippen LogP contribution in [0.4, 0.5) is 5.69 Å². The number of nitrogens with zero attached hydrogens (tertiary/aromatic N) is 2. The molecule has 0 radical (unpaired) electrons. The quantitative estimate of drug-likeness (QED) is 0.602. The van der Waals surface area contributed by atoms with Gasteiger partial charge in [0.2, 0.25) is 0 Å². The minimum atomic E-state index is -0.258. The summed E-state index contributed by atoms with van der Waals surface area (Å²) in [5.41, 5.74) is 3.41. The van der Waals surface area contributed by atoms with Crippen LogP contribution in [0.2, 0.25) is 0 Å². The summed E-state index contributed by atoms with van der Waals surface area (Å²) in [7, 11) is 0. The van der Waals surface area contributed by atoms with Gasteiger partial charge in [-0.2, -0.15) is 0 Å². The van der Waals surface area contributed by atoms with Gasteiger partial charge in [0, 0.05) is 44.1 Å². The van der Waals surface area contributed by atoms with Crippen molar-refractivity contribution in [2.24, 2.45) is 0 Å². The molecular weight excluding hydrogens is 404 g/mol. The summed E-state index contributed by atoms with van der Waals surface area (Å²) in [6, 6.07) is 18.3. The second kappa shape index (κ2) is 10.7. The second-order valence-corrected chi connectivity index (χ2v) is 7.63. The Balaban J connectivity index is 1.42. The fourth-order valence-corrected chi connectivity index (χ4v) is 3.59. The highest BCUT2D eigenvalue weighted by Gasteiger charge is 2.15. The molecule has 32 heavy (non-hydrogen) atoms. The van der Waals surface area contributed by atoms with Crippen molar-refractivity contribution in [3.05, 3.63) is 95.3 Å². The van der Waals surface area contributed by atoms with Gasteiger partial charge in [-0.05, 0) is 41.5 Å². The first-order chi connectivity index (χ1) is 15.7. The molecule has 0 spiro atoms. The number of aromatic nitrogens is 1. The third-order valence-electron chi connectivity index (χ3n) is 5.29. The van der Waals surface area contributed by atoms with Crippen LogP contribution in [0.3, 0.4) is 0 Å². The van der Waals surface area contributed by atoms with Crippen LogP contribution in [0.1, 0.15) is 31.8 Å². The van der Waals surface area contributed by atoms with Crippen LogP contribution >= 0.6 is 0 Å². The number of nitrogens with one attached hydrogen (secondary N) is 2. The third-order valence-corrected chi connectivity index (χ3v) is 5.29. The zero-order valence-corrected chi connectivity index (χ0v) is 17.8. The molecule has 164 valence electrons. The summed E-state index contributed by atoms with van der Waals surface area (Å²) >= 11 is 0. The van der Waals surface area contributed by atoms with Gasteiger partial charge in [0.25, 0.3) is 11.8 Å². The van der Waals surface area contributed by atoms with Crippen molar-refractivity contribution in [1.82, 2.24) is 15.2 Å². The van der Waals surface area contributed by atoms with Crippen LogP contribution < -0.4 is 10.6 Å². The number of rotatable bonds is 7. The van der Waals surface area contributed by atoms with Gasteiger partial charge in [-0.15, -0.1) is 0 Å². The molecule has 1 aromatic heterocycles. The van der Waals surface area contributed by atoms with Crippen molar-refractivity contribution < 1.29 is 14.3 Å². The molecule has 1 aliphatic heterocycles. The van der Waals surface area contributed by atoms with Gasteiger partial charge in [0.05, 0.1) is 24.5 Å². The predicted molar refractivity (Wildman–Crippen MR) is 122 cm³/mol. The minimum absolute atomic E-state index is 0.249. The number of anilines is 1. The number of carbonyl (C=O) groups is 2. The predicted octanol–water partition coefficient (Wildman–Crippen LogP) is 3.10. The number of ether oxygens (including phenoxy) is 1. The normalized spacial score (nSPS) is 14.0. The number of benzene rings is 2. The molecule has 2 heterocycles. The second-order valence-electron chi connectivity index (χ2n) is 7.63. The molecule has 7 nitrogen and oxygen atoms in total. The largest absolute Gasteiger partial charge is 0.379 e. The fraction of sp³-hybridized carbons (Fsp3) is 0.240. The first-order valence-electron chi connectivity index (χ1n) is 10.7. The lowest BCUT2D eigenvalue weighted by Crippen LogP contribution is -2.35. The Labute approximate surface area is 187 Å². The van der Waals surface area contributed by atoms with E-state index in [1.165, 1.54) is 0 Å². The minimum Gasteiger partial charge on any atom is -0.379 e. The summed E-state index contributed by atoms with van der Waals surface area (Å²) in [4.78, 5) is 32.0. The number of hydrogen-bond donors (Lipinski definition) is 2. The van der Waals surface area contributed by atoms with E-state index in [4.69, 9.17) is 4.74 Å². The van der Waals surface area contributed by atoms with E-state index in [2.05, 4.69) is 20.5 Å². The molecule has 2 aromatic carbocycles. The van der Waals surface area contributed by atoms with Crippen LogP contribution in [-0.4, -0.2) is 48.0 Å². The monoisotopic (exact) mass is 430 g/mol. The molecule has 2 amide bonds. The van der Waals surface area contributed by atoms with Crippen LogP contribution in [-0.2, 0) is 17.8 Å². The number of para-hydroxylation sites is 1. The maximum Gasteiger partial charge on any atom is 0.255 e. The van der Waals surface area contributed by atoms with Gasteiger partial charge >= 0.3 is 0 Å². The van der Waals surface area contributed by atoms with Gasteiger partial charge < -0.3 is 15.4 Å². The highest BCUT2D eigenvalue weighted by molar-refractivity contribution is 6.09. The van der Waals surface area contributed by atoms with E-state index in [1.807, 2.05) is 30.3 Å². The van der Waals surface area contributed by atoms with E-state index in [0.29, 0.717) is 23.4 Å². The van der Waals surface area contributed by atoms with E-state index in [1.54, 1.807) is 42.7 Å². The van der Waals surface area contributed by atoms with E-state index in [9.17, 15) is 9.59 Å². The molecule has 0 unspecified atom stereocenters. The number of hydrogen-bond acceptors (Lipinski definition) is 5. The van der Waals surface area contributed by atoms with Crippen molar-refractivity contribution in [2.75, 3.05) is 31.6 Å². The Kier molecular flexibility index (Phi) is 7.22. The third kappa shape index (κ3) is 5.78. The standard InChI is InChI=1S/C25H26N4O3/c30-24(21-7-3-5-19(15-21)18-29-11-13-32-14-12-29)28-23-9-2-1-8-22(23)25(31)27-17-20-6-4-10-26-16-20/h1-10,15-16H,11-14,17-18H2,(H,27,31)(H,28,30). The van der Waals surface area contributed by atoms with Crippen molar-refractivity contribution in [1.29, 1.82) is 0 Å². The first kappa shape index (κ1) is 21.7. The Morgan fingerprint density at radius 1 is 0.938 bits per heavy atom. The number of carbonyl (C=O) groups excluding carboxylic acids is 2. The maximum atomic E-state index is 12.9. The van der Waals surface area contributed by atoms with Gasteiger partial charge in [-0.1, -0.05) is 30.3 Å². The topological polar surface area (TPSA) is 83.6 Å².